The zero-order valence-corrected chi connectivity index (χ0v) is 7.71. The SMILES string of the molecule is CCc1ccc(N)c2c1C(N)CO2. The number of nitrogens with two attached hydrogens (primary N) is 2. The van der Waals surface area contributed by atoms with E-state index in [1.165, 1.54) is 5.56 Å². The first-order valence-corrected chi connectivity index (χ1v) is 4.53. The van der Waals surface area contributed by atoms with Crippen molar-refractivity contribution in [3.63, 3.8) is 0 Å². The van der Waals surface area contributed by atoms with Crippen LogP contribution in [0, 0.1) is 0 Å². The molecule has 0 bridgehead atoms. The number of fused-ring (bicyclic) bond motifs is 1. The Labute approximate surface area is 77.7 Å². The lowest BCUT2D eigenvalue weighted by Crippen LogP contribution is -2.12. The van der Waals surface area contributed by atoms with Crippen LogP contribution in [-0.4, -0.2) is 6.61 Å². The molecule has 4 N–H and O–H groups in total. The van der Waals surface area contributed by atoms with E-state index >= 15 is 0 Å². The van der Waals surface area contributed by atoms with Crippen LogP contribution in [0.3, 0.4) is 0 Å². The molecule has 1 atom stereocenters. The van der Waals surface area contributed by atoms with E-state index in [4.69, 9.17) is 16.2 Å². The van der Waals surface area contributed by atoms with Crippen LogP contribution in [0.4, 0.5) is 5.69 Å². The van der Waals surface area contributed by atoms with E-state index in [0.29, 0.717) is 12.3 Å². The second kappa shape index (κ2) is 2.92. The molecule has 1 aromatic carbocycles. The number of rotatable bonds is 1. The van der Waals surface area contributed by atoms with Crippen LogP contribution >= 0.6 is 0 Å². The molecular weight excluding hydrogens is 164 g/mol. The van der Waals surface area contributed by atoms with Crippen LogP contribution in [0.25, 0.3) is 0 Å². The van der Waals surface area contributed by atoms with Gasteiger partial charge in [0.15, 0.2) is 0 Å². The predicted octanol–water partition coefficient (Wildman–Crippen LogP) is 1.22. The van der Waals surface area contributed by atoms with Crippen molar-refractivity contribution in [3.05, 3.63) is 23.3 Å². The molecule has 70 valence electrons. The number of hydrogen-bond donors (Lipinski definition) is 2. The average molecular weight is 178 g/mol. The molecule has 2 rings (SSSR count). The predicted molar refractivity (Wildman–Crippen MR) is 52.7 cm³/mol. The number of benzene rings is 1. The summed E-state index contributed by atoms with van der Waals surface area (Å²) < 4.78 is 5.43. The van der Waals surface area contributed by atoms with Crippen molar-refractivity contribution in [2.45, 2.75) is 19.4 Å². The summed E-state index contributed by atoms with van der Waals surface area (Å²) in [6, 6.07) is 3.91. The van der Waals surface area contributed by atoms with Crippen LogP contribution in [0.15, 0.2) is 12.1 Å². The second-order valence-corrected chi connectivity index (χ2v) is 3.33. The van der Waals surface area contributed by atoms with Crippen molar-refractivity contribution in [1.82, 2.24) is 0 Å². The quantitative estimate of drug-likeness (QED) is 0.636. The van der Waals surface area contributed by atoms with E-state index in [1.54, 1.807) is 0 Å². The molecule has 0 saturated carbocycles. The monoisotopic (exact) mass is 178 g/mol. The van der Waals surface area contributed by atoms with Gasteiger partial charge in [-0.1, -0.05) is 13.0 Å². The van der Waals surface area contributed by atoms with Crippen LogP contribution in [0.5, 0.6) is 5.75 Å². The van der Waals surface area contributed by atoms with Gasteiger partial charge in [0.25, 0.3) is 0 Å². The molecule has 1 aliphatic rings. The Kier molecular flexibility index (Phi) is 1.88. The van der Waals surface area contributed by atoms with Crippen molar-refractivity contribution in [2.75, 3.05) is 12.3 Å². The summed E-state index contributed by atoms with van der Waals surface area (Å²) in [5.41, 5.74) is 14.7. The van der Waals surface area contributed by atoms with Gasteiger partial charge < -0.3 is 16.2 Å². The third kappa shape index (κ3) is 1.16. The third-order valence-corrected chi connectivity index (χ3v) is 2.48. The molecule has 0 saturated heterocycles. The summed E-state index contributed by atoms with van der Waals surface area (Å²) in [6.45, 7) is 2.66. The highest BCUT2D eigenvalue weighted by molar-refractivity contribution is 5.62. The normalized spacial score (nSPS) is 19.7. The van der Waals surface area contributed by atoms with Gasteiger partial charge in [-0.2, -0.15) is 0 Å². The van der Waals surface area contributed by atoms with E-state index in [0.717, 1.165) is 17.7 Å². The Balaban J connectivity index is 2.60. The lowest BCUT2D eigenvalue weighted by molar-refractivity contribution is 0.334. The molecule has 1 aromatic rings. The molecule has 0 spiro atoms. The van der Waals surface area contributed by atoms with Gasteiger partial charge in [-0.3, -0.25) is 0 Å². The molecule has 1 aliphatic heterocycles. The van der Waals surface area contributed by atoms with Crippen molar-refractivity contribution >= 4 is 5.69 Å². The van der Waals surface area contributed by atoms with E-state index in [-0.39, 0.29) is 6.04 Å². The van der Waals surface area contributed by atoms with E-state index in [2.05, 4.69) is 6.92 Å². The van der Waals surface area contributed by atoms with Gasteiger partial charge in [0.05, 0.1) is 11.7 Å². The Morgan fingerprint density at radius 3 is 3.00 bits per heavy atom. The van der Waals surface area contributed by atoms with Crippen LogP contribution in [0.2, 0.25) is 0 Å². The van der Waals surface area contributed by atoms with Crippen molar-refractivity contribution in [2.24, 2.45) is 5.73 Å². The molecule has 0 amide bonds. The highest BCUT2D eigenvalue weighted by atomic mass is 16.5. The van der Waals surface area contributed by atoms with Gasteiger partial charge >= 0.3 is 0 Å². The highest BCUT2D eigenvalue weighted by Crippen LogP contribution is 2.38. The first-order valence-electron chi connectivity index (χ1n) is 4.53. The maximum absolute atomic E-state index is 5.91. The van der Waals surface area contributed by atoms with Crippen LogP contribution < -0.4 is 16.2 Å². The minimum absolute atomic E-state index is 0.00606. The minimum Gasteiger partial charge on any atom is -0.489 e. The number of ether oxygens (including phenoxy) is 1. The van der Waals surface area contributed by atoms with Gasteiger partial charge in [-0.25, -0.2) is 0 Å². The van der Waals surface area contributed by atoms with E-state index in [9.17, 15) is 0 Å². The fraction of sp³-hybridized carbons (Fsp3) is 0.400. The lowest BCUT2D eigenvalue weighted by atomic mass is 9.99. The minimum atomic E-state index is -0.00606. The molecule has 0 fully saturated rings. The fourth-order valence-corrected chi connectivity index (χ4v) is 1.79. The lowest BCUT2D eigenvalue weighted by Gasteiger charge is -2.08. The number of nitrogen functional groups attached to an aromatic ring is 1. The Hall–Kier alpha value is -1.22. The Bertz CT molecular complexity index is 336. The molecule has 1 unspecified atom stereocenters. The molecule has 0 aliphatic carbocycles. The maximum Gasteiger partial charge on any atom is 0.147 e. The van der Waals surface area contributed by atoms with Crippen molar-refractivity contribution < 1.29 is 4.74 Å². The van der Waals surface area contributed by atoms with E-state index in [1.807, 2.05) is 12.1 Å². The van der Waals surface area contributed by atoms with Crippen LogP contribution in [-0.2, 0) is 6.42 Å². The smallest absolute Gasteiger partial charge is 0.147 e. The molecule has 0 radical (unpaired) electrons. The van der Waals surface area contributed by atoms with Gasteiger partial charge in [-0.05, 0) is 18.1 Å². The maximum atomic E-state index is 5.91. The summed E-state index contributed by atoms with van der Waals surface area (Å²) in [7, 11) is 0. The summed E-state index contributed by atoms with van der Waals surface area (Å²) in [6.07, 6.45) is 0.972. The number of aryl methyl sites for hydroxylation is 1. The zero-order valence-electron chi connectivity index (χ0n) is 7.71. The molecule has 0 aromatic heterocycles. The average Bonchev–Trinajstić information content (AvgIpc) is 2.51. The standard InChI is InChI=1S/C10H14N2O/c1-2-6-3-4-7(11)10-9(6)8(12)5-13-10/h3-4,8H,2,5,11-12H2,1H3. The summed E-state index contributed by atoms with van der Waals surface area (Å²) in [4.78, 5) is 0. The molecule has 13 heavy (non-hydrogen) atoms. The Morgan fingerprint density at radius 1 is 1.54 bits per heavy atom. The first kappa shape index (κ1) is 8.38. The molecule has 1 heterocycles. The molecule has 3 heteroatoms. The first-order chi connectivity index (χ1) is 6.24. The topological polar surface area (TPSA) is 61.3 Å². The summed E-state index contributed by atoms with van der Waals surface area (Å²) >= 11 is 0. The van der Waals surface area contributed by atoms with Crippen molar-refractivity contribution in [1.29, 1.82) is 0 Å². The number of anilines is 1. The Morgan fingerprint density at radius 2 is 2.31 bits per heavy atom. The summed E-state index contributed by atoms with van der Waals surface area (Å²) in [5, 5.41) is 0. The van der Waals surface area contributed by atoms with Crippen LogP contribution in [0.1, 0.15) is 24.1 Å². The van der Waals surface area contributed by atoms with Gasteiger partial charge in [0.2, 0.25) is 0 Å². The third-order valence-electron chi connectivity index (χ3n) is 2.48. The van der Waals surface area contributed by atoms with Crippen molar-refractivity contribution in [3.8, 4) is 5.75 Å². The number of hydrogen-bond acceptors (Lipinski definition) is 3. The highest BCUT2D eigenvalue weighted by Gasteiger charge is 2.25. The van der Waals surface area contributed by atoms with E-state index < -0.39 is 0 Å². The second-order valence-electron chi connectivity index (χ2n) is 3.33. The zero-order chi connectivity index (χ0) is 9.42. The molecular formula is C10H14N2O. The molecule has 3 nitrogen and oxygen atoms in total. The fourth-order valence-electron chi connectivity index (χ4n) is 1.79. The van der Waals surface area contributed by atoms with Gasteiger partial charge in [-0.15, -0.1) is 0 Å². The van der Waals surface area contributed by atoms with Gasteiger partial charge in [0, 0.05) is 5.56 Å². The summed E-state index contributed by atoms with van der Waals surface area (Å²) in [5.74, 6) is 0.798. The largest absolute Gasteiger partial charge is 0.489 e. The van der Waals surface area contributed by atoms with Gasteiger partial charge in [0.1, 0.15) is 12.4 Å².